The summed E-state index contributed by atoms with van der Waals surface area (Å²) in [5, 5.41) is 20.4. The lowest BCUT2D eigenvalue weighted by molar-refractivity contribution is -0.144. The van der Waals surface area contributed by atoms with Crippen LogP contribution in [0.25, 0.3) is 31.8 Å². The van der Waals surface area contributed by atoms with Gasteiger partial charge in [0.2, 0.25) is 17.7 Å². The Balaban J connectivity index is 0.744. The van der Waals surface area contributed by atoms with Crippen LogP contribution in [0.3, 0.4) is 0 Å². The van der Waals surface area contributed by atoms with Crippen LogP contribution in [0.2, 0.25) is 0 Å². The van der Waals surface area contributed by atoms with E-state index in [-0.39, 0.29) is 54.1 Å². The second kappa shape index (κ2) is 26.1. The monoisotopic (exact) mass is 1270 g/mol. The Kier molecular flexibility index (Phi) is 18.3. The molecule has 6 heterocycles. The number of likely N-dealkylation sites (tertiary alicyclic amines) is 1. The molecule has 468 valence electrons. The van der Waals surface area contributed by atoms with Gasteiger partial charge in [0.1, 0.15) is 29.3 Å². The van der Waals surface area contributed by atoms with Gasteiger partial charge in [0.15, 0.2) is 5.13 Å². The van der Waals surface area contributed by atoms with E-state index in [0.29, 0.717) is 78.0 Å². The highest BCUT2D eigenvalue weighted by molar-refractivity contribution is 7.90. The number of piperidine rings is 1. The van der Waals surface area contributed by atoms with Crippen LogP contribution in [0.1, 0.15) is 116 Å². The molecule has 3 aliphatic heterocycles. The number of para-hydroxylation sites is 1. The summed E-state index contributed by atoms with van der Waals surface area (Å²) in [4.78, 5) is 91.4. The minimum absolute atomic E-state index is 0.0501. The first-order valence-electron chi connectivity index (χ1n) is 30.3. The first-order chi connectivity index (χ1) is 43.0. The Morgan fingerprint density at radius 1 is 0.767 bits per heavy atom. The van der Waals surface area contributed by atoms with Gasteiger partial charge in [0.05, 0.1) is 49.4 Å². The number of aliphatic hydroxyl groups excluding tert-OH is 1. The van der Waals surface area contributed by atoms with Crippen molar-refractivity contribution >= 4 is 89.1 Å². The summed E-state index contributed by atoms with van der Waals surface area (Å²) >= 11 is 2.96. The zero-order chi connectivity index (χ0) is 63.8. The van der Waals surface area contributed by atoms with Crippen molar-refractivity contribution in [2.24, 2.45) is 11.3 Å². The van der Waals surface area contributed by atoms with Crippen LogP contribution in [-0.2, 0) is 37.4 Å². The second-order valence-corrected chi connectivity index (χ2v) is 28.3. The number of aryl methyl sites for hydroxylation is 1. The predicted octanol–water partition coefficient (Wildman–Crippen LogP) is 10.4. The van der Waals surface area contributed by atoms with Crippen LogP contribution in [0.4, 0.5) is 16.6 Å². The molecule has 3 aliphatic rings. The van der Waals surface area contributed by atoms with E-state index in [4.69, 9.17) is 9.72 Å². The molecule has 0 saturated carbocycles. The number of ether oxygens (including phenoxy) is 1. The van der Waals surface area contributed by atoms with E-state index < -0.39 is 57.3 Å². The van der Waals surface area contributed by atoms with E-state index in [2.05, 4.69) is 35.5 Å². The molecule has 2 saturated heterocycles. The van der Waals surface area contributed by atoms with Crippen molar-refractivity contribution in [3.05, 3.63) is 166 Å². The van der Waals surface area contributed by atoms with Gasteiger partial charge in [-0.15, -0.1) is 11.3 Å². The molecule has 3 aromatic heterocycles. The number of aromatic nitrogens is 3. The van der Waals surface area contributed by atoms with Gasteiger partial charge < -0.3 is 35.2 Å². The Morgan fingerprint density at radius 3 is 2.20 bits per heavy atom. The minimum Gasteiger partial charge on any atom is -0.491 e. The molecule has 0 bridgehead atoms. The highest BCUT2D eigenvalue weighted by Gasteiger charge is 2.45. The Hall–Kier alpha value is -8.57. The lowest BCUT2D eigenvalue weighted by Gasteiger charge is -2.38. The van der Waals surface area contributed by atoms with Gasteiger partial charge in [-0.1, -0.05) is 92.8 Å². The van der Waals surface area contributed by atoms with Gasteiger partial charge in [0.25, 0.3) is 21.8 Å². The average Bonchev–Trinajstić information content (AvgIpc) is 1.33. The summed E-state index contributed by atoms with van der Waals surface area (Å²) in [6.45, 7) is 16.8. The molecule has 11 rings (SSSR count). The number of carbonyl (C=O) groups excluding carboxylic acids is 5. The third-order valence-electron chi connectivity index (χ3n) is 17.0. The normalized spacial score (nSPS) is 17.0. The molecule has 0 aliphatic carbocycles. The third-order valence-corrected chi connectivity index (χ3v) is 20.3. The zero-order valence-electron chi connectivity index (χ0n) is 51.6. The number of sulfonamides is 1. The molecule has 90 heavy (non-hydrogen) atoms. The summed E-state index contributed by atoms with van der Waals surface area (Å²) in [5.41, 5.74) is 9.35. The molecule has 5 amide bonds. The second-order valence-electron chi connectivity index (χ2n) is 24.7. The number of aliphatic hydroxyl groups is 1. The van der Waals surface area contributed by atoms with Crippen molar-refractivity contribution in [1.29, 1.82) is 0 Å². The van der Waals surface area contributed by atoms with Crippen LogP contribution in [0, 0.1) is 25.2 Å². The minimum atomic E-state index is -4.48. The number of benzene rings is 5. The number of pyridine rings is 1. The number of anilines is 3. The standard InChI is InChI=1S/C68H74N10O9S3/c1-39(2)87-56-17-12-14-50(40(56)3)51-27-28-58(77-34-29-44-13-11-15-52(53(44)37-77)63(81)74-67-71-54-16-9-10-18-57(54)89-67)72-59(51)65(83)75-90(85,86)49-25-23-47(24-26-49)76-32-30-46(31-33-76)62(80)73-61(68(6,7)8)66(84)78-36-48(79)35-55(78)64(82)70-41(4)43-19-21-45(22-20-43)60-42(5)69-38-88-60/h9-28,38-39,41,46,48,55,61,79H,29-37H2,1-8H3,(H,70,82)(H,73,80)(H,75,83)(H,71,74,81)/t41-,48+,55-,61+/m0/s1. The number of carbonyl (C=O) groups is 5. The van der Waals surface area contributed by atoms with Gasteiger partial charge in [-0.25, -0.2) is 28.1 Å². The van der Waals surface area contributed by atoms with Crippen molar-refractivity contribution in [3.63, 3.8) is 0 Å². The summed E-state index contributed by atoms with van der Waals surface area (Å²) < 4.78 is 37.9. The molecule has 5 N–H and O–H groups in total. The molecule has 2 fully saturated rings. The first kappa shape index (κ1) is 63.0. The molecule has 5 aromatic carbocycles. The number of thiazole rings is 2. The van der Waals surface area contributed by atoms with Crippen molar-refractivity contribution < 1.29 is 42.2 Å². The summed E-state index contributed by atoms with van der Waals surface area (Å²) in [6, 6.07) is 34.2. The van der Waals surface area contributed by atoms with Gasteiger partial charge in [-0.2, -0.15) is 0 Å². The highest BCUT2D eigenvalue weighted by atomic mass is 32.2. The Bertz CT molecular complexity index is 4100. The largest absolute Gasteiger partial charge is 0.491 e. The van der Waals surface area contributed by atoms with Crippen LogP contribution in [0.5, 0.6) is 5.75 Å². The fraction of sp³-hybridized carbons (Fsp3) is 0.353. The maximum atomic E-state index is 14.7. The van der Waals surface area contributed by atoms with Crippen molar-refractivity contribution in [1.82, 2.24) is 35.2 Å². The number of β-amino-alcohol motifs (C(OH)–C–C–N with tert-alkyl or cyclic N) is 1. The van der Waals surface area contributed by atoms with E-state index in [1.807, 2.05) is 145 Å². The number of hydrogen-bond donors (Lipinski definition) is 5. The first-order valence-corrected chi connectivity index (χ1v) is 33.5. The van der Waals surface area contributed by atoms with E-state index in [0.717, 1.165) is 48.6 Å². The summed E-state index contributed by atoms with van der Waals surface area (Å²) in [5.74, 6) is -1.79. The van der Waals surface area contributed by atoms with Crippen LogP contribution in [0.15, 0.2) is 132 Å². The van der Waals surface area contributed by atoms with Crippen molar-refractivity contribution in [3.8, 4) is 27.3 Å². The fourth-order valence-electron chi connectivity index (χ4n) is 12.1. The smallest absolute Gasteiger partial charge is 0.284 e. The number of nitrogens with one attached hydrogen (secondary N) is 4. The molecule has 4 atom stereocenters. The average molecular weight is 1270 g/mol. The fourth-order valence-corrected chi connectivity index (χ4v) is 14.7. The van der Waals surface area contributed by atoms with Gasteiger partial charge in [0, 0.05) is 61.9 Å². The van der Waals surface area contributed by atoms with Crippen LogP contribution < -0.4 is 35.2 Å². The van der Waals surface area contributed by atoms with E-state index in [1.165, 1.54) is 28.4 Å². The molecular formula is C68H74N10O9S3. The lowest BCUT2D eigenvalue weighted by Crippen LogP contribution is -2.59. The number of rotatable bonds is 17. The van der Waals surface area contributed by atoms with E-state index >= 15 is 0 Å². The predicted molar refractivity (Wildman–Crippen MR) is 351 cm³/mol. The van der Waals surface area contributed by atoms with Crippen LogP contribution >= 0.6 is 22.7 Å². The Morgan fingerprint density at radius 2 is 1.50 bits per heavy atom. The van der Waals surface area contributed by atoms with Gasteiger partial charge >= 0.3 is 0 Å². The maximum Gasteiger partial charge on any atom is 0.284 e. The van der Waals surface area contributed by atoms with Crippen molar-refractivity contribution in [2.75, 3.05) is 41.3 Å². The highest BCUT2D eigenvalue weighted by Crippen LogP contribution is 2.37. The summed E-state index contributed by atoms with van der Waals surface area (Å²) in [7, 11) is -4.48. The molecular weight excluding hydrogens is 1200 g/mol. The SMILES string of the molecule is Cc1ncsc1-c1ccc([C@H](C)NC(=O)[C@@H]2C[C@@H](O)CN2C(=O)[C@@H](NC(=O)C2CCN(c3ccc(S(=O)(=O)NC(=O)c4nc(N5CCc6cccc(C(=O)Nc7nc8ccccc8s7)c6C5)ccc4-c4cccc(OC(C)C)c4C)cc3)CC2)C(C)(C)C)cc1. The topological polar surface area (TPSA) is 245 Å². The summed E-state index contributed by atoms with van der Waals surface area (Å²) in [6.07, 6.45) is 0.459. The Labute approximate surface area is 532 Å². The number of fused-ring (bicyclic) bond motifs is 2. The lowest BCUT2D eigenvalue weighted by atomic mass is 9.84. The van der Waals surface area contributed by atoms with E-state index in [9.17, 15) is 37.5 Å². The maximum absolute atomic E-state index is 14.7. The molecule has 22 heteroatoms. The van der Waals surface area contributed by atoms with E-state index in [1.54, 1.807) is 41.7 Å². The van der Waals surface area contributed by atoms with Gasteiger partial charge in [-0.3, -0.25) is 29.3 Å². The molecule has 0 radical (unpaired) electrons. The van der Waals surface area contributed by atoms with Crippen molar-refractivity contribution in [2.45, 2.75) is 123 Å². The third kappa shape index (κ3) is 13.6. The number of amides is 5. The molecule has 0 unspecified atom stereocenters. The molecule has 8 aromatic rings. The molecule has 0 spiro atoms. The molecule has 19 nitrogen and oxygen atoms in total. The number of nitrogens with zero attached hydrogens (tertiary/aromatic N) is 6. The quantitative estimate of drug-likeness (QED) is 0.0569. The van der Waals surface area contributed by atoms with Gasteiger partial charge in [-0.05, 0) is 153 Å². The zero-order valence-corrected chi connectivity index (χ0v) is 54.0. The van der Waals surface area contributed by atoms with Crippen LogP contribution in [-0.4, -0.2) is 113 Å². The number of hydrogen-bond acceptors (Lipinski definition) is 16.